The van der Waals surface area contributed by atoms with Crippen molar-refractivity contribution >= 4 is 35.8 Å². The number of rotatable bonds is 6. The first kappa shape index (κ1) is 22.8. The number of nitrogens with zero attached hydrogens (tertiary/aromatic N) is 2. The molecule has 28 heavy (non-hydrogen) atoms. The first-order valence-electron chi connectivity index (χ1n) is 10.1. The van der Waals surface area contributed by atoms with Gasteiger partial charge in [-0.15, -0.1) is 24.0 Å². The summed E-state index contributed by atoms with van der Waals surface area (Å²) in [5, 5.41) is 3.45. The molecule has 0 aromatic heterocycles. The van der Waals surface area contributed by atoms with Crippen molar-refractivity contribution in [3.8, 4) is 5.75 Å². The van der Waals surface area contributed by atoms with E-state index < -0.39 is 5.91 Å². The lowest BCUT2D eigenvalue weighted by molar-refractivity contribution is -0.119. The molecule has 7 heteroatoms. The molecule has 2 aliphatic rings. The molecule has 156 valence electrons. The Kier molecular flexibility index (Phi) is 8.85. The van der Waals surface area contributed by atoms with Crippen molar-refractivity contribution < 1.29 is 9.53 Å². The first-order chi connectivity index (χ1) is 13.1. The highest BCUT2D eigenvalue weighted by Crippen LogP contribution is 2.43. The minimum absolute atomic E-state index is 0. The molecular formula is C21H33IN4O2. The van der Waals surface area contributed by atoms with Crippen LogP contribution in [-0.2, 0) is 11.3 Å². The summed E-state index contributed by atoms with van der Waals surface area (Å²) in [5.74, 6) is 1.18. The number of benzene rings is 1. The largest absolute Gasteiger partial charge is 0.484 e. The maximum Gasteiger partial charge on any atom is 0.255 e. The predicted octanol–water partition coefficient (Wildman–Crippen LogP) is 3.29. The summed E-state index contributed by atoms with van der Waals surface area (Å²) >= 11 is 0. The van der Waals surface area contributed by atoms with Crippen molar-refractivity contribution in [2.24, 2.45) is 16.1 Å². The number of nitrogens with one attached hydrogen (secondary N) is 1. The van der Waals surface area contributed by atoms with Gasteiger partial charge in [0.2, 0.25) is 0 Å². The van der Waals surface area contributed by atoms with E-state index in [4.69, 9.17) is 15.5 Å². The number of nitrogens with two attached hydrogens (primary N) is 1. The highest BCUT2D eigenvalue weighted by Gasteiger charge is 2.39. The summed E-state index contributed by atoms with van der Waals surface area (Å²) in [6.07, 6.45) is 8.15. The van der Waals surface area contributed by atoms with Gasteiger partial charge in [0.05, 0.1) is 6.54 Å². The monoisotopic (exact) mass is 500 g/mol. The molecule has 1 amide bonds. The van der Waals surface area contributed by atoms with E-state index in [0.29, 0.717) is 17.7 Å². The minimum Gasteiger partial charge on any atom is -0.484 e. The molecule has 3 rings (SSSR count). The van der Waals surface area contributed by atoms with E-state index in [9.17, 15) is 4.79 Å². The predicted molar refractivity (Wildman–Crippen MR) is 123 cm³/mol. The number of primary amides is 1. The van der Waals surface area contributed by atoms with E-state index >= 15 is 0 Å². The van der Waals surface area contributed by atoms with Gasteiger partial charge in [-0.1, -0.05) is 31.4 Å². The lowest BCUT2D eigenvalue weighted by Gasteiger charge is -2.33. The van der Waals surface area contributed by atoms with Gasteiger partial charge >= 0.3 is 0 Å². The zero-order valence-corrected chi connectivity index (χ0v) is 19.1. The van der Waals surface area contributed by atoms with Gasteiger partial charge in [0.25, 0.3) is 5.91 Å². The van der Waals surface area contributed by atoms with Gasteiger partial charge in [0.1, 0.15) is 5.75 Å². The van der Waals surface area contributed by atoms with E-state index in [2.05, 4.69) is 17.1 Å². The smallest absolute Gasteiger partial charge is 0.255 e. The van der Waals surface area contributed by atoms with E-state index in [0.717, 1.165) is 31.2 Å². The Hall–Kier alpha value is -1.51. The number of aliphatic imine (C=N–C) groups is 1. The fourth-order valence-electron chi connectivity index (χ4n) is 4.31. The third kappa shape index (κ3) is 6.25. The summed E-state index contributed by atoms with van der Waals surface area (Å²) in [4.78, 5) is 18.2. The average molecular weight is 500 g/mol. The number of ether oxygens (including phenoxy) is 1. The first-order valence-corrected chi connectivity index (χ1v) is 10.1. The minimum atomic E-state index is -0.474. The summed E-state index contributed by atoms with van der Waals surface area (Å²) in [5.41, 5.74) is 6.70. The third-order valence-corrected chi connectivity index (χ3v) is 5.68. The Labute approximate surface area is 185 Å². The molecule has 1 aromatic rings. The third-order valence-electron chi connectivity index (χ3n) is 5.68. The second-order valence-corrected chi connectivity index (χ2v) is 7.80. The van der Waals surface area contributed by atoms with Crippen LogP contribution in [0.3, 0.4) is 0 Å². The molecule has 0 bridgehead atoms. The highest BCUT2D eigenvalue weighted by atomic mass is 127. The molecule has 0 radical (unpaired) electrons. The molecule has 1 aliphatic carbocycles. The van der Waals surface area contributed by atoms with Gasteiger partial charge in [0.15, 0.2) is 12.6 Å². The number of guanidine groups is 1. The van der Waals surface area contributed by atoms with E-state index in [1.165, 1.54) is 38.5 Å². The van der Waals surface area contributed by atoms with Crippen molar-refractivity contribution in [2.75, 3.05) is 26.2 Å². The van der Waals surface area contributed by atoms with Crippen LogP contribution in [0.25, 0.3) is 0 Å². The molecule has 0 atom stereocenters. The van der Waals surface area contributed by atoms with Crippen molar-refractivity contribution in [3.05, 3.63) is 29.8 Å². The van der Waals surface area contributed by atoms with Crippen molar-refractivity contribution in [3.63, 3.8) is 0 Å². The Morgan fingerprint density at radius 2 is 2.07 bits per heavy atom. The fourth-order valence-corrected chi connectivity index (χ4v) is 4.31. The topological polar surface area (TPSA) is 80.0 Å². The molecule has 1 spiro atoms. The zero-order chi connectivity index (χ0) is 19.1. The van der Waals surface area contributed by atoms with E-state index in [-0.39, 0.29) is 30.6 Å². The molecule has 6 nitrogen and oxygen atoms in total. The number of carbonyl (C=O) groups excluding carboxylic acids is 1. The van der Waals surface area contributed by atoms with Crippen LogP contribution in [0.5, 0.6) is 5.75 Å². The van der Waals surface area contributed by atoms with Crippen LogP contribution < -0.4 is 15.8 Å². The fraction of sp³-hybridized carbons (Fsp3) is 0.619. The summed E-state index contributed by atoms with van der Waals surface area (Å²) in [6, 6.07) is 7.69. The quantitative estimate of drug-likeness (QED) is 0.357. The number of halogens is 1. The highest BCUT2D eigenvalue weighted by molar-refractivity contribution is 14.0. The number of likely N-dealkylation sites (tertiary alicyclic amines) is 1. The zero-order valence-electron chi connectivity index (χ0n) is 16.8. The number of amides is 1. The lowest BCUT2D eigenvalue weighted by atomic mass is 9.73. The number of hydrogen-bond donors (Lipinski definition) is 2. The van der Waals surface area contributed by atoms with Crippen LogP contribution >= 0.6 is 24.0 Å². The van der Waals surface area contributed by atoms with Crippen LogP contribution in [0.1, 0.15) is 51.0 Å². The van der Waals surface area contributed by atoms with Crippen molar-refractivity contribution in [2.45, 2.75) is 52.0 Å². The Bertz CT molecular complexity index is 674. The van der Waals surface area contributed by atoms with Gasteiger partial charge in [-0.2, -0.15) is 0 Å². The average Bonchev–Trinajstić information content (AvgIpc) is 3.07. The summed E-state index contributed by atoms with van der Waals surface area (Å²) in [7, 11) is 0. The van der Waals surface area contributed by atoms with Crippen LogP contribution in [0.15, 0.2) is 29.3 Å². The number of carbonyl (C=O) groups is 1. The maximum absolute atomic E-state index is 10.9. The van der Waals surface area contributed by atoms with Crippen molar-refractivity contribution in [1.29, 1.82) is 0 Å². The van der Waals surface area contributed by atoms with Gasteiger partial charge in [0, 0.05) is 19.6 Å². The standard InChI is InChI=1S/C21H32N4O2.HI/c1-2-23-20(25-12-11-21(16-25)9-4-3-5-10-21)24-14-17-7-6-8-18(13-17)27-15-19(22)26;/h6-8,13H,2-5,9-12,14-16H2,1H3,(H2,22,26)(H,23,24);1H. The van der Waals surface area contributed by atoms with Gasteiger partial charge < -0.3 is 20.7 Å². The second-order valence-electron chi connectivity index (χ2n) is 7.80. The van der Waals surface area contributed by atoms with Gasteiger partial charge in [-0.05, 0) is 49.3 Å². The van der Waals surface area contributed by atoms with Crippen LogP contribution in [-0.4, -0.2) is 43.0 Å². The summed E-state index contributed by atoms with van der Waals surface area (Å²) < 4.78 is 5.39. The van der Waals surface area contributed by atoms with Gasteiger partial charge in [-0.3, -0.25) is 4.79 Å². The molecule has 3 N–H and O–H groups in total. The normalized spacial score (nSPS) is 18.6. The molecule has 1 saturated heterocycles. The second kappa shape index (κ2) is 10.9. The number of hydrogen-bond acceptors (Lipinski definition) is 3. The Morgan fingerprint density at radius 1 is 1.29 bits per heavy atom. The van der Waals surface area contributed by atoms with Crippen LogP contribution in [0.2, 0.25) is 0 Å². The van der Waals surface area contributed by atoms with Crippen molar-refractivity contribution in [1.82, 2.24) is 10.2 Å². The van der Waals surface area contributed by atoms with E-state index in [1.807, 2.05) is 24.3 Å². The molecule has 2 fully saturated rings. The van der Waals surface area contributed by atoms with Crippen LogP contribution in [0.4, 0.5) is 0 Å². The molecule has 0 unspecified atom stereocenters. The molecular weight excluding hydrogens is 467 g/mol. The Balaban J connectivity index is 0.00000280. The molecule has 1 aliphatic heterocycles. The van der Waals surface area contributed by atoms with Crippen LogP contribution in [0, 0.1) is 5.41 Å². The molecule has 1 heterocycles. The van der Waals surface area contributed by atoms with E-state index in [1.54, 1.807) is 0 Å². The molecule has 1 aromatic carbocycles. The summed E-state index contributed by atoms with van der Waals surface area (Å²) in [6.45, 7) is 5.67. The van der Waals surface area contributed by atoms with Gasteiger partial charge in [-0.25, -0.2) is 4.99 Å². The Morgan fingerprint density at radius 3 is 2.79 bits per heavy atom. The molecule has 1 saturated carbocycles. The maximum atomic E-state index is 10.9. The SMILES string of the molecule is CCNC(=NCc1cccc(OCC(N)=O)c1)N1CCC2(CCCCC2)C1.I. The lowest BCUT2D eigenvalue weighted by Crippen LogP contribution is -2.41.